The quantitative estimate of drug-likeness (QED) is 0.697. The molecule has 0 radical (unpaired) electrons. The molecule has 0 unspecified atom stereocenters. The maximum Gasteiger partial charge on any atom is 0.240 e. The van der Waals surface area contributed by atoms with Crippen LogP contribution in [0.5, 0.6) is 0 Å². The summed E-state index contributed by atoms with van der Waals surface area (Å²) in [6.07, 6.45) is 1.52. The smallest absolute Gasteiger partial charge is 0.240 e. The van der Waals surface area contributed by atoms with E-state index in [4.69, 9.17) is 10.5 Å². The SMILES string of the molecule is CC[C@@H](C)[C@@H](NC(=O)[C@@H]1CCOC1)C(N)=O. The summed E-state index contributed by atoms with van der Waals surface area (Å²) in [7, 11) is 0. The zero-order chi connectivity index (χ0) is 12.1. The van der Waals surface area contributed by atoms with Crippen LogP contribution >= 0.6 is 0 Å². The summed E-state index contributed by atoms with van der Waals surface area (Å²) in [6.45, 7) is 4.92. The van der Waals surface area contributed by atoms with Crippen LogP contribution in [0.3, 0.4) is 0 Å². The highest BCUT2D eigenvalue weighted by atomic mass is 16.5. The van der Waals surface area contributed by atoms with Crippen LogP contribution in [0.2, 0.25) is 0 Å². The Balaban J connectivity index is 2.53. The topological polar surface area (TPSA) is 81.4 Å². The fourth-order valence-corrected chi connectivity index (χ4v) is 1.74. The number of primary amides is 1. The Morgan fingerprint density at radius 1 is 1.56 bits per heavy atom. The number of amides is 2. The van der Waals surface area contributed by atoms with Gasteiger partial charge in [-0.2, -0.15) is 0 Å². The van der Waals surface area contributed by atoms with E-state index >= 15 is 0 Å². The minimum atomic E-state index is -0.571. The second kappa shape index (κ2) is 5.84. The summed E-state index contributed by atoms with van der Waals surface area (Å²) < 4.78 is 5.13. The molecular formula is C11H20N2O3. The van der Waals surface area contributed by atoms with Crippen molar-refractivity contribution in [3.8, 4) is 0 Å². The van der Waals surface area contributed by atoms with Crippen LogP contribution in [0, 0.1) is 11.8 Å². The highest BCUT2D eigenvalue weighted by Crippen LogP contribution is 2.14. The van der Waals surface area contributed by atoms with Gasteiger partial charge in [0.1, 0.15) is 6.04 Å². The van der Waals surface area contributed by atoms with Gasteiger partial charge in [0, 0.05) is 6.61 Å². The standard InChI is InChI=1S/C11H20N2O3/c1-3-7(2)9(10(12)14)13-11(15)8-4-5-16-6-8/h7-9H,3-6H2,1-2H3,(H2,12,14)(H,13,15)/t7-,8-,9-/m1/s1. The first-order valence-corrected chi connectivity index (χ1v) is 5.73. The largest absolute Gasteiger partial charge is 0.381 e. The lowest BCUT2D eigenvalue weighted by Gasteiger charge is -2.22. The first-order chi connectivity index (χ1) is 7.56. The molecular weight excluding hydrogens is 208 g/mol. The van der Waals surface area contributed by atoms with Crippen molar-refractivity contribution in [3.63, 3.8) is 0 Å². The highest BCUT2D eigenvalue weighted by molar-refractivity contribution is 5.87. The van der Waals surface area contributed by atoms with Gasteiger partial charge in [-0.3, -0.25) is 9.59 Å². The van der Waals surface area contributed by atoms with Crippen molar-refractivity contribution in [3.05, 3.63) is 0 Å². The van der Waals surface area contributed by atoms with Crippen LogP contribution in [0.1, 0.15) is 26.7 Å². The molecule has 0 spiro atoms. The van der Waals surface area contributed by atoms with Crippen molar-refractivity contribution >= 4 is 11.8 Å². The number of hydrogen-bond acceptors (Lipinski definition) is 3. The van der Waals surface area contributed by atoms with Gasteiger partial charge in [-0.15, -0.1) is 0 Å². The van der Waals surface area contributed by atoms with Crippen LogP contribution in [-0.2, 0) is 14.3 Å². The number of hydrogen-bond donors (Lipinski definition) is 2. The molecule has 1 rings (SSSR count). The van der Waals surface area contributed by atoms with Gasteiger partial charge in [0.25, 0.3) is 0 Å². The molecule has 0 bridgehead atoms. The first-order valence-electron chi connectivity index (χ1n) is 5.73. The average molecular weight is 228 g/mol. The van der Waals surface area contributed by atoms with Crippen molar-refractivity contribution in [2.45, 2.75) is 32.7 Å². The van der Waals surface area contributed by atoms with Crippen LogP contribution in [-0.4, -0.2) is 31.1 Å². The summed E-state index contributed by atoms with van der Waals surface area (Å²) in [6, 6.07) is -0.571. The number of carbonyl (C=O) groups excluding carboxylic acids is 2. The molecule has 0 aromatic carbocycles. The molecule has 2 amide bonds. The molecule has 1 heterocycles. The van der Waals surface area contributed by atoms with Crippen molar-refractivity contribution in [1.82, 2.24) is 5.32 Å². The average Bonchev–Trinajstić information content (AvgIpc) is 2.77. The van der Waals surface area contributed by atoms with Gasteiger partial charge in [-0.1, -0.05) is 20.3 Å². The van der Waals surface area contributed by atoms with Gasteiger partial charge in [0.2, 0.25) is 11.8 Å². The van der Waals surface area contributed by atoms with E-state index in [9.17, 15) is 9.59 Å². The third kappa shape index (κ3) is 3.20. The van der Waals surface area contributed by atoms with Crippen LogP contribution in [0.15, 0.2) is 0 Å². The molecule has 0 aliphatic carbocycles. The maximum absolute atomic E-state index is 11.8. The zero-order valence-corrected chi connectivity index (χ0v) is 9.86. The van der Waals surface area contributed by atoms with Gasteiger partial charge in [-0.25, -0.2) is 0 Å². The molecule has 92 valence electrons. The lowest BCUT2D eigenvalue weighted by Crippen LogP contribution is -2.50. The fraction of sp³-hybridized carbons (Fsp3) is 0.818. The Hall–Kier alpha value is -1.10. The summed E-state index contributed by atoms with van der Waals surface area (Å²) in [5.41, 5.74) is 5.28. The number of ether oxygens (including phenoxy) is 1. The summed E-state index contributed by atoms with van der Waals surface area (Å²) in [5, 5.41) is 2.72. The van der Waals surface area contributed by atoms with E-state index < -0.39 is 11.9 Å². The Bertz CT molecular complexity index is 262. The molecule has 3 atom stereocenters. The number of nitrogens with two attached hydrogens (primary N) is 1. The Morgan fingerprint density at radius 3 is 2.69 bits per heavy atom. The van der Waals surface area contributed by atoms with E-state index in [-0.39, 0.29) is 17.7 Å². The molecule has 16 heavy (non-hydrogen) atoms. The second-order valence-electron chi connectivity index (χ2n) is 4.33. The van der Waals surface area contributed by atoms with Crippen molar-refractivity contribution in [2.24, 2.45) is 17.6 Å². The summed E-state index contributed by atoms with van der Waals surface area (Å²) in [4.78, 5) is 23.0. The van der Waals surface area contributed by atoms with E-state index in [2.05, 4.69) is 5.32 Å². The molecule has 0 aromatic rings. The van der Waals surface area contributed by atoms with Crippen molar-refractivity contribution in [1.29, 1.82) is 0 Å². The third-order valence-electron chi connectivity index (χ3n) is 3.12. The molecule has 3 N–H and O–H groups in total. The molecule has 1 aliphatic heterocycles. The molecule has 1 fully saturated rings. The number of rotatable bonds is 5. The number of carbonyl (C=O) groups is 2. The third-order valence-corrected chi connectivity index (χ3v) is 3.12. The van der Waals surface area contributed by atoms with Gasteiger partial charge in [0.05, 0.1) is 12.5 Å². The molecule has 0 saturated carbocycles. The first kappa shape index (κ1) is 13.0. The Morgan fingerprint density at radius 2 is 2.25 bits per heavy atom. The Kier molecular flexibility index (Phi) is 4.73. The fourth-order valence-electron chi connectivity index (χ4n) is 1.74. The lowest BCUT2D eigenvalue weighted by molar-refractivity contribution is -0.130. The van der Waals surface area contributed by atoms with Crippen LogP contribution in [0.25, 0.3) is 0 Å². The molecule has 5 heteroatoms. The van der Waals surface area contributed by atoms with E-state index in [0.717, 1.165) is 12.8 Å². The molecule has 1 aliphatic rings. The normalized spacial score (nSPS) is 23.8. The molecule has 1 saturated heterocycles. The summed E-state index contributed by atoms with van der Waals surface area (Å²) in [5.74, 6) is -0.669. The number of nitrogens with one attached hydrogen (secondary N) is 1. The highest BCUT2D eigenvalue weighted by Gasteiger charge is 2.29. The molecule has 5 nitrogen and oxygen atoms in total. The van der Waals surface area contributed by atoms with E-state index in [1.165, 1.54) is 0 Å². The van der Waals surface area contributed by atoms with E-state index in [1.807, 2.05) is 13.8 Å². The van der Waals surface area contributed by atoms with Crippen molar-refractivity contribution < 1.29 is 14.3 Å². The predicted octanol–water partition coefficient (Wildman–Crippen LogP) is 0.0391. The van der Waals surface area contributed by atoms with Crippen LogP contribution in [0.4, 0.5) is 0 Å². The van der Waals surface area contributed by atoms with E-state index in [1.54, 1.807) is 0 Å². The Labute approximate surface area is 95.7 Å². The van der Waals surface area contributed by atoms with Gasteiger partial charge in [0.15, 0.2) is 0 Å². The monoisotopic (exact) mass is 228 g/mol. The van der Waals surface area contributed by atoms with E-state index in [0.29, 0.717) is 13.2 Å². The minimum Gasteiger partial charge on any atom is -0.381 e. The lowest BCUT2D eigenvalue weighted by atomic mass is 9.97. The minimum absolute atomic E-state index is 0.0590. The van der Waals surface area contributed by atoms with Crippen molar-refractivity contribution in [2.75, 3.05) is 13.2 Å². The van der Waals surface area contributed by atoms with Gasteiger partial charge < -0.3 is 15.8 Å². The zero-order valence-electron chi connectivity index (χ0n) is 9.86. The predicted molar refractivity (Wildman–Crippen MR) is 59.5 cm³/mol. The maximum atomic E-state index is 11.8. The van der Waals surface area contributed by atoms with Gasteiger partial charge in [-0.05, 0) is 12.3 Å². The van der Waals surface area contributed by atoms with Gasteiger partial charge >= 0.3 is 0 Å². The summed E-state index contributed by atoms with van der Waals surface area (Å²) >= 11 is 0. The second-order valence-corrected chi connectivity index (χ2v) is 4.33. The molecule has 0 aromatic heterocycles. The van der Waals surface area contributed by atoms with Crippen LogP contribution < -0.4 is 11.1 Å².